The largest absolute Gasteiger partial charge is 0.345 e. The molecule has 94 valence electrons. The van der Waals surface area contributed by atoms with E-state index in [2.05, 4.69) is 53.1 Å². The number of carbonyl (C=O) groups is 1. The van der Waals surface area contributed by atoms with Crippen molar-refractivity contribution in [2.24, 2.45) is 7.05 Å². The van der Waals surface area contributed by atoms with E-state index < -0.39 is 0 Å². The summed E-state index contributed by atoms with van der Waals surface area (Å²) in [6.07, 6.45) is 1.84. The van der Waals surface area contributed by atoms with Gasteiger partial charge in [0.1, 0.15) is 5.69 Å². The van der Waals surface area contributed by atoms with Crippen molar-refractivity contribution in [3.63, 3.8) is 0 Å². The van der Waals surface area contributed by atoms with E-state index >= 15 is 0 Å². The van der Waals surface area contributed by atoms with Crippen LogP contribution in [0, 0.1) is 0 Å². The number of nitrogens with zero attached hydrogens (tertiary/aromatic N) is 1. The van der Waals surface area contributed by atoms with Crippen molar-refractivity contribution in [1.29, 1.82) is 0 Å². The van der Waals surface area contributed by atoms with Crippen molar-refractivity contribution < 1.29 is 4.79 Å². The highest BCUT2D eigenvalue weighted by atomic mass is 79.9. The Bertz CT molecular complexity index is 607. The van der Waals surface area contributed by atoms with E-state index in [1.54, 1.807) is 10.6 Å². The van der Waals surface area contributed by atoms with Gasteiger partial charge in [0.2, 0.25) is 0 Å². The van der Waals surface area contributed by atoms with E-state index in [9.17, 15) is 4.79 Å². The minimum absolute atomic E-state index is 0.147. The summed E-state index contributed by atoms with van der Waals surface area (Å²) in [5.41, 5.74) is 1.33. The zero-order valence-electron chi connectivity index (χ0n) is 9.38. The molecule has 1 aromatic carbocycles. The summed E-state index contributed by atoms with van der Waals surface area (Å²) in [7, 11) is 1.83. The molecule has 0 atom stereocenters. The molecule has 2 aromatic rings. The molecule has 2 rings (SSSR count). The third kappa shape index (κ3) is 3.05. The Morgan fingerprint density at radius 2 is 1.89 bits per heavy atom. The standard InChI is InChI=1S/C12H9Br3N2O/c1-17-6-8(14)5-11(17)12(18)16-10-3-2-7(13)4-9(10)15/h2-6H,1H3,(H,16,18). The first-order valence-corrected chi connectivity index (χ1v) is 7.43. The quantitative estimate of drug-likeness (QED) is 0.735. The lowest BCUT2D eigenvalue weighted by Crippen LogP contribution is -2.15. The maximum atomic E-state index is 12.1. The number of hydrogen-bond donors (Lipinski definition) is 1. The Hall–Kier alpha value is -0.590. The Morgan fingerprint density at radius 3 is 2.44 bits per heavy atom. The second kappa shape index (κ2) is 5.59. The fraction of sp³-hybridized carbons (Fsp3) is 0.0833. The van der Waals surface area contributed by atoms with Gasteiger partial charge in [-0.05, 0) is 56.1 Å². The van der Waals surface area contributed by atoms with E-state index in [4.69, 9.17) is 0 Å². The van der Waals surface area contributed by atoms with E-state index in [1.165, 1.54) is 0 Å². The van der Waals surface area contributed by atoms with E-state index in [0.717, 1.165) is 19.1 Å². The predicted molar refractivity (Wildman–Crippen MR) is 82.9 cm³/mol. The van der Waals surface area contributed by atoms with E-state index in [-0.39, 0.29) is 5.91 Å². The lowest BCUT2D eigenvalue weighted by atomic mass is 10.3. The summed E-state index contributed by atoms with van der Waals surface area (Å²) in [5.74, 6) is -0.147. The highest BCUT2D eigenvalue weighted by Crippen LogP contribution is 2.26. The Kier molecular flexibility index (Phi) is 4.29. The van der Waals surface area contributed by atoms with Crippen molar-refractivity contribution >= 4 is 59.4 Å². The van der Waals surface area contributed by atoms with Crippen molar-refractivity contribution in [3.05, 3.63) is 49.6 Å². The Morgan fingerprint density at radius 1 is 1.17 bits per heavy atom. The number of amides is 1. The smallest absolute Gasteiger partial charge is 0.272 e. The third-order valence-electron chi connectivity index (χ3n) is 2.38. The molecule has 0 saturated heterocycles. The predicted octanol–water partition coefficient (Wildman–Crippen LogP) is 4.56. The molecule has 0 spiro atoms. The van der Waals surface area contributed by atoms with E-state index in [1.807, 2.05) is 31.4 Å². The number of aromatic nitrogens is 1. The highest BCUT2D eigenvalue weighted by Gasteiger charge is 2.12. The number of hydrogen-bond acceptors (Lipinski definition) is 1. The average Bonchev–Trinajstić information content (AvgIpc) is 2.62. The molecule has 0 fully saturated rings. The number of aryl methyl sites for hydroxylation is 1. The van der Waals surface area contributed by atoms with Gasteiger partial charge in [-0.3, -0.25) is 4.79 Å². The first-order valence-electron chi connectivity index (χ1n) is 5.05. The molecule has 1 N–H and O–H groups in total. The maximum absolute atomic E-state index is 12.1. The van der Waals surface area contributed by atoms with Crippen LogP contribution in [0.4, 0.5) is 5.69 Å². The second-order valence-electron chi connectivity index (χ2n) is 3.73. The first-order chi connectivity index (χ1) is 8.47. The minimum atomic E-state index is -0.147. The number of carbonyl (C=O) groups excluding carboxylic acids is 1. The monoisotopic (exact) mass is 434 g/mol. The average molecular weight is 437 g/mol. The fourth-order valence-electron chi connectivity index (χ4n) is 1.53. The molecule has 1 amide bonds. The van der Waals surface area contributed by atoms with Gasteiger partial charge in [0.15, 0.2) is 0 Å². The molecular formula is C12H9Br3N2O. The van der Waals surface area contributed by atoms with Gasteiger partial charge in [-0.2, -0.15) is 0 Å². The molecule has 6 heteroatoms. The molecule has 0 unspecified atom stereocenters. The second-order valence-corrected chi connectivity index (χ2v) is 6.42. The van der Waals surface area contributed by atoms with Gasteiger partial charge in [-0.15, -0.1) is 0 Å². The summed E-state index contributed by atoms with van der Waals surface area (Å²) in [6.45, 7) is 0. The zero-order chi connectivity index (χ0) is 13.3. The van der Waals surface area contributed by atoms with Crippen molar-refractivity contribution in [2.45, 2.75) is 0 Å². The first kappa shape index (κ1) is 13.8. The number of nitrogens with one attached hydrogen (secondary N) is 1. The maximum Gasteiger partial charge on any atom is 0.272 e. The number of benzene rings is 1. The van der Waals surface area contributed by atoms with Crippen LogP contribution in [0.2, 0.25) is 0 Å². The van der Waals surface area contributed by atoms with Crippen LogP contribution in [0.1, 0.15) is 10.5 Å². The molecular weight excluding hydrogens is 428 g/mol. The normalized spacial score (nSPS) is 10.4. The van der Waals surface area contributed by atoms with Crippen molar-refractivity contribution in [1.82, 2.24) is 4.57 Å². The zero-order valence-corrected chi connectivity index (χ0v) is 14.1. The van der Waals surface area contributed by atoms with Gasteiger partial charge in [0, 0.05) is 26.7 Å². The number of anilines is 1. The summed E-state index contributed by atoms with van der Waals surface area (Å²) >= 11 is 10.1. The molecule has 1 heterocycles. The summed E-state index contributed by atoms with van der Waals surface area (Å²) in [5, 5.41) is 2.86. The van der Waals surface area contributed by atoms with Crippen LogP contribution in [0.3, 0.4) is 0 Å². The third-order valence-corrected chi connectivity index (χ3v) is 3.97. The molecule has 0 bridgehead atoms. The number of halogens is 3. The topological polar surface area (TPSA) is 34.0 Å². The van der Waals surface area contributed by atoms with Gasteiger partial charge in [0.25, 0.3) is 5.91 Å². The molecule has 18 heavy (non-hydrogen) atoms. The van der Waals surface area contributed by atoms with Crippen molar-refractivity contribution in [3.8, 4) is 0 Å². The van der Waals surface area contributed by atoms with Gasteiger partial charge < -0.3 is 9.88 Å². The van der Waals surface area contributed by atoms with Gasteiger partial charge in [-0.1, -0.05) is 15.9 Å². The Labute approximate surface area is 130 Å². The van der Waals surface area contributed by atoms with Crippen LogP contribution in [-0.4, -0.2) is 10.5 Å². The molecule has 0 aliphatic heterocycles. The molecule has 0 aliphatic rings. The molecule has 0 aliphatic carbocycles. The van der Waals surface area contributed by atoms with Gasteiger partial charge in [0.05, 0.1) is 5.69 Å². The lowest BCUT2D eigenvalue weighted by Gasteiger charge is -2.08. The van der Waals surface area contributed by atoms with Crippen LogP contribution < -0.4 is 5.32 Å². The lowest BCUT2D eigenvalue weighted by molar-refractivity contribution is 0.101. The molecule has 0 saturated carbocycles. The van der Waals surface area contributed by atoms with Crippen molar-refractivity contribution in [2.75, 3.05) is 5.32 Å². The summed E-state index contributed by atoms with van der Waals surface area (Å²) < 4.78 is 4.43. The highest BCUT2D eigenvalue weighted by molar-refractivity contribution is 9.11. The minimum Gasteiger partial charge on any atom is -0.345 e. The van der Waals surface area contributed by atoms with Gasteiger partial charge >= 0.3 is 0 Å². The fourth-order valence-corrected chi connectivity index (χ4v) is 3.20. The van der Waals surface area contributed by atoms with Gasteiger partial charge in [-0.25, -0.2) is 0 Å². The Balaban J connectivity index is 2.24. The summed E-state index contributed by atoms with van der Waals surface area (Å²) in [4.78, 5) is 12.1. The van der Waals surface area contributed by atoms with Crippen LogP contribution in [0.15, 0.2) is 43.9 Å². The number of rotatable bonds is 2. The van der Waals surface area contributed by atoms with Crippen LogP contribution >= 0.6 is 47.8 Å². The molecule has 1 aromatic heterocycles. The summed E-state index contributed by atoms with van der Waals surface area (Å²) in [6, 6.07) is 7.38. The van der Waals surface area contributed by atoms with Crippen LogP contribution in [0.25, 0.3) is 0 Å². The molecule has 0 radical (unpaired) electrons. The SMILES string of the molecule is Cn1cc(Br)cc1C(=O)Nc1ccc(Br)cc1Br. The molecule has 3 nitrogen and oxygen atoms in total. The van der Waals surface area contributed by atoms with E-state index in [0.29, 0.717) is 5.69 Å². The van der Waals surface area contributed by atoms with Crippen LogP contribution in [-0.2, 0) is 7.05 Å². The van der Waals surface area contributed by atoms with Crippen LogP contribution in [0.5, 0.6) is 0 Å².